The van der Waals surface area contributed by atoms with Crippen molar-refractivity contribution >= 4 is 16.9 Å². The summed E-state index contributed by atoms with van der Waals surface area (Å²) in [5, 5.41) is 23.7. The average Bonchev–Trinajstić information content (AvgIpc) is 2.93. The standard InChI is InChI=1S/C12H10N4O2/c1-6-9(5-13-14-6)11-8-3-2-7(12(17)18)4-10(8)15-16-11/h2-5H,1H3,(H,13,14)(H,15,16)(H,17,18). The van der Waals surface area contributed by atoms with E-state index in [9.17, 15) is 4.79 Å². The zero-order chi connectivity index (χ0) is 12.7. The van der Waals surface area contributed by atoms with Gasteiger partial charge in [0.1, 0.15) is 5.69 Å². The minimum absolute atomic E-state index is 0.238. The van der Waals surface area contributed by atoms with Crippen LogP contribution in [-0.2, 0) is 0 Å². The Balaban J connectivity index is 2.22. The quantitative estimate of drug-likeness (QED) is 0.640. The van der Waals surface area contributed by atoms with Crippen LogP contribution in [0, 0.1) is 6.92 Å². The van der Waals surface area contributed by atoms with Crippen LogP contribution in [0.25, 0.3) is 22.2 Å². The van der Waals surface area contributed by atoms with Crippen LogP contribution < -0.4 is 0 Å². The Morgan fingerprint density at radius 3 is 2.83 bits per heavy atom. The molecule has 0 spiro atoms. The molecular formula is C12H10N4O2. The van der Waals surface area contributed by atoms with Gasteiger partial charge in [0.05, 0.1) is 17.3 Å². The Labute approximate surface area is 102 Å². The lowest BCUT2D eigenvalue weighted by molar-refractivity contribution is 0.0697. The monoisotopic (exact) mass is 242 g/mol. The summed E-state index contributed by atoms with van der Waals surface area (Å²) in [6.45, 7) is 1.91. The molecule has 0 aliphatic rings. The van der Waals surface area contributed by atoms with Gasteiger partial charge in [-0.2, -0.15) is 10.2 Å². The van der Waals surface area contributed by atoms with Gasteiger partial charge in [-0.15, -0.1) is 0 Å². The number of H-pyrrole nitrogens is 2. The molecule has 0 amide bonds. The number of fused-ring (bicyclic) bond motifs is 1. The van der Waals surface area contributed by atoms with E-state index >= 15 is 0 Å². The Kier molecular flexibility index (Phi) is 2.16. The third kappa shape index (κ3) is 1.46. The number of aryl methyl sites for hydroxylation is 1. The Morgan fingerprint density at radius 2 is 2.17 bits per heavy atom. The molecule has 6 heteroatoms. The summed E-state index contributed by atoms with van der Waals surface area (Å²) >= 11 is 0. The predicted molar refractivity (Wildman–Crippen MR) is 65.4 cm³/mol. The lowest BCUT2D eigenvalue weighted by Crippen LogP contribution is -1.94. The van der Waals surface area contributed by atoms with E-state index in [0.717, 1.165) is 22.3 Å². The van der Waals surface area contributed by atoms with Crippen molar-refractivity contribution in [2.45, 2.75) is 6.92 Å². The molecule has 0 fully saturated rings. The molecule has 1 aromatic carbocycles. The second kappa shape index (κ2) is 3.69. The third-order valence-electron chi connectivity index (χ3n) is 2.89. The van der Waals surface area contributed by atoms with Crippen LogP contribution >= 0.6 is 0 Å². The van der Waals surface area contributed by atoms with Gasteiger partial charge in [0, 0.05) is 16.6 Å². The molecule has 18 heavy (non-hydrogen) atoms. The van der Waals surface area contributed by atoms with Gasteiger partial charge in [-0.25, -0.2) is 4.79 Å². The normalized spacial score (nSPS) is 10.9. The molecule has 0 saturated heterocycles. The van der Waals surface area contributed by atoms with Crippen molar-refractivity contribution in [1.29, 1.82) is 0 Å². The first-order valence-corrected chi connectivity index (χ1v) is 5.38. The van der Waals surface area contributed by atoms with E-state index in [1.807, 2.05) is 6.92 Å². The Hall–Kier alpha value is -2.63. The highest BCUT2D eigenvalue weighted by Gasteiger charge is 2.13. The number of aromatic nitrogens is 4. The fourth-order valence-corrected chi connectivity index (χ4v) is 1.95. The first kappa shape index (κ1) is 10.5. The summed E-state index contributed by atoms with van der Waals surface area (Å²) in [7, 11) is 0. The molecule has 0 atom stereocenters. The molecule has 3 N–H and O–H groups in total. The number of rotatable bonds is 2. The number of benzene rings is 1. The van der Waals surface area contributed by atoms with Crippen molar-refractivity contribution in [3.63, 3.8) is 0 Å². The Morgan fingerprint density at radius 1 is 1.33 bits per heavy atom. The number of hydrogen-bond donors (Lipinski definition) is 3. The van der Waals surface area contributed by atoms with Crippen LogP contribution in [0.3, 0.4) is 0 Å². The number of carboxylic acids is 1. The summed E-state index contributed by atoms with van der Waals surface area (Å²) in [5.74, 6) is -0.951. The van der Waals surface area contributed by atoms with Crippen LogP contribution in [0.4, 0.5) is 0 Å². The van der Waals surface area contributed by atoms with E-state index in [2.05, 4.69) is 20.4 Å². The van der Waals surface area contributed by atoms with Gasteiger partial charge >= 0.3 is 5.97 Å². The van der Waals surface area contributed by atoms with Gasteiger partial charge in [-0.05, 0) is 25.1 Å². The number of nitrogens with zero attached hydrogens (tertiary/aromatic N) is 2. The van der Waals surface area contributed by atoms with Gasteiger partial charge in [-0.3, -0.25) is 10.2 Å². The summed E-state index contributed by atoms with van der Waals surface area (Å²) in [5.41, 5.74) is 3.54. The zero-order valence-corrected chi connectivity index (χ0v) is 9.56. The molecule has 2 heterocycles. The number of carbonyl (C=O) groups is 1. The molecule has 3 rings (SSSR count). The second-order valence-corrected chi connectivity index (χ2v) is 4.05. The van der Waals surface area contributed by atoms with Crippen molar-refractivity contribution in [2.75, 3.05) is 0 Å². The largest absolute Gasteiger partial charge is 0.478 e. The fourth-order valence-electron chi connectivity index (χ4n) is 1.95. The topological polar surface area (TPSA) is 94.7 Å². The lowest BCUT2D eigenvalue weighted by atomic mass is 10.1. The van der Waals surface area contributed by atoms with Crippen molar-refractivity contribution in [1.82, 2.24) is 20.4 Å². The van der Waals surface area contributed by atoms with E-state index in [1.165, 1.54) is 0 Å². The number of aromatic carboxylic acids is 1. The van der Waals surface area contributed by atoms with Crippen molar-refractivity contribution < 1.29 is 9.90 Å². The van der Waals surface area contributed by atoms with Crippen LogP contribution in [0.15, 0.2) is 24.4 Å². The molecule has 0 aliphatic heterocycles. The maximum Gasteiger partial charge on any atom is 0.335 e. The maximum atomic E-state index is 10.9. The summed E-state index contributed by atoms with van der Waals surface area (Å²) < 4.78 is 0. The summed E-state index contributed by atoms with van der Waals surface area (Å²) in [6.07, 6.45) is 1.70. The predicted octanol–water partition coefficient (Wildman–Crippen LogP) is 1.96. The molecular weight excluding hydrogens is 232 g/mol. The number of aromatic amines is 2. The second-order valence-electron chi connectivity index (χ2n) is 4.05. The SMILES string of the molecule is Cc1[nH]ncc1-c1n[nH]c2cc(C(=O)O)ccc12. The van der Waals surface area contributed by atoms with Gasteiger partial charge in [0.15, 0.2) is 0 Å². The van der Waals surface area contributed by atoms with E-state index in [-0.39, 0.29) is 5.56 Å². The molecule has 0 unspecified atom stereocenters. The van der Waals surface area contributed by atoms with Crippen molar-refractivity contribution in [3.05, 3.63) is 35.7 Å². The summed E-state index contributed by atoms with van der Waals surface area (Å²) in [6, 6.07) is 4.90. The van der Waals surface area contributed by atoms with Gasteiger partial charge in [0.2, 0.25) is 0 Å². The minimum Gasteiger partial charge on any atom is -0.478 e. The first-order chi connectivity index (χ1) is 8.66. The molecule has 2 aromatic heterocycles. The van der Waals surface area contributed by atoms with Crippen LogP contribution in [-0.4, -0.2) is 31.5 Å². The van der Waals surface area contributed by atoms with Crippen molar-refractivity contribution in [2.24, 2.45) is 0 Å². The van der Waals surface area contributed by atoms with Crippen LogP contribution in [0.2, 0.25) is 0 Å². The molecule has 90 valence electrons. The first-order valence-electron chi connectivity index (χ1n) is 5.38. The lowest BCUT2D eigenvalue weighted by Gasteiger charge is -1.96. The van der Waals surface area contributed by atoms with Crippen molar-refractivity contribution in [3.8, 4) is 11.3 Å². The Bertz CT molecular complexity index is 741. The van der Waals surface area contributed by atoms with Gasteiger partial charge < -0.3 is 5.11 Å². The van der Waals surface area contributed by atoms with E-state index < -0.39 is 5.97 Å². The summed E-state index contributed by atoms with van der Waals surface area (Å²) in [4.78, 5) is 10.9. The number of carboxylic acid groups (broad SMARTS) is 1. The molecule has 3 aromatic rings. The fraction of sp³-hybridized carbons (Fsp3) is 0.0833. The number of hydrogen-bond acceptors (Lipinski definition) is 3. The molecule has 0 radical (unpaired) electrons. The van der Waals surface area contributed by atoms with E-state index in [4.69, 9.17) is 5.11 Å². The van der Waals surface area contributed by atoms with Gasteiger partial charge in [-0.1, -0.05) is 0 Å². The molecule has 0 saturated carbocycles. The third-order valence-corrected chi connectivity index (χ3v) is 2.89. The highest BCUT2D eigenvalue weighted by atomic mass is 16.4. The average molecular weight is 242 g/mol. The molecule has 0 aliphatic carbocycles. The molecule has 0 bridgehead atoms. The number of nitrogens with one attached hydrogen (secondary N) is 2. The van der Waals surface area contributed by atoms with E-state index in [0.29, 0.717) is 5.52 Å². The van der Waals surface area contributed by atoms with E-state index in [1.54, 1.807) is 24.4 Å². The maximum absolute atomic E-state index is 10.9. The van der Waals surface area contributed by atoms with Crippen LogP contribution in [0.5, 0.6) is 0 Å². The van der Waals surface area contributed by atoms with Gasteiger partial charge in [0.25, 0.3) is 0 Å². The smallest absolute Gasteiger partial charge is 0.335 e. The van der Waals surface area contributed by atoms with Crippen LogP contribution in [0.1, 0.15) is 16.1 Å². The highest BCUT2D eigenvalue weighted by molar-refractivity contribution is 5.98. The minimum atomic E-state index is -0.951. The molecule has 6 nitrogen and oxygen atoms in total. The highest BCUT2D eigenvalue weighted by Crippen LogP contribution is 2.27. The zero-order valence-electron chi connectivity index (χ0n) is 9.56.